The van der Waals surface area contributed by atoms with Crippen molar-refractivity contribution in [3.05, 3.63) is 29.3 Å². The van der Waals surface area contributed by atoms with E-state index < -0.39 is 54.3 Å². The highest BCUT2D eigenvalue weighted by atomic mass is 16.7. The molecule has 3 aliphatic carbocycles. The number of rotatable bonds is 3. The van der Waals surface area contributed by atoms with Crippen LogP contribution in [0, 0.1) is 17.3 Å². The van der Waals surface area contributed by atoms with E-state index in [1.165, 1.54) is 11.1 Å². The molecule has 182 valence electrons. The quantitative estimate of drug-likeness (QED) is 0.375. The van der Waals surface area contributed by atoms with E-state index in [1.807, 2.05) is 12.1 Å². The second-order valence-corrected chi connectivity index (χ2v) is 10.4. The summed E-state index contributed by atoms with van der Waals surface area (Å²) in [5.41, 5.74) is 2.04. The topological polar surface area (TPSA) is 157 Å². The number of aliphatic hydroxyl groups is 4. The molecule has 9 nitrogen and oxygen atoms in total. The molecule has 11 atom stereocenters. The minimum Gasteiger partial charge on any atom is -0.508 e. The Morgan fingerprint density at radius 3 is 2.61 bits per heavy atom. The molecule has 0 amide bonds. The number of carboxylic acids is 1. The molecule has 9 heteroatoms. The summed E-state index contributed by atoms with van der Waals surface area (Å²) in [6.07, 6.45) is -5.89. The summed E-state index contributed by atoms with van der Waals surface area (Å²) in [4.78, 5) is 11.4. The monoisotopic (exact) mass is 464 g/mol. The molecule has 0 unspecified atom stereocenters. The maximum Gasteiger partial charge on any atom is 0.335 e. The number of ether oxygens (including phenoxy) is 2. The smallest absolute Gasteiger partial charge is 0.335 e. The number of aliphatic hydroxyl groups excluding tert-OH is 4. The zero-order valence-corrected chi connectivity index (χ0v) is 18.4. The average Bonchev–Trinajstić information content (AvgIpc) is 3.03. The molecule has 0 spiro atoms. The summed E-state index contributed by atoms with van der Waals surface area (Å²) in [7, 11) is 0. The zero-order chi connectivity index (χ0) is 23.7. The van der Waals surface area contributed by atoms with Crippen molar-refractivity contribution in [3.63, 3.8) is 0 Å². The van der Waals surface area contributed by atoms with Gasteiger partial charge in [-0.3, -0.25) is 0 Å². The predicted octanol–water partition coefficient (Wildman–Crippen LogP) is 0.496. The van der Waals surface area contributed by atoms with Crippen LogP contribution >= 0.6 is 0 Å². The summed E-state index contributed by atoms with van der Waals surface area (Å²) in [5, 5.41) is 60.7. The largest absolute Gasteiger partial charge is 0.508 e. The fraction of sp³-hybridized carbons (Fsp3) is 0.708. The van der Waals surface area contributed by atoms with Gasteiger partial charge in [0.1, 0.15) is 24.1 Å². The Hall–Kier alpha value is -1.75. The van der Waals surface area contributed by atoms with Gasteiger partial charge in [0.25, 0.3) is 0 Å². The van der Waals surface area contributed by atoms with Gasteiger partial charge in [-0.25, -0.2) is 4.79 Å². The molecule has 1 saturated heterocycles. The van der Waals surface area contributed by atoms with Crippen LogP contribution in [-0.4, -0.2) is 79.5 Å². The molecule has 3 fully saturated rings. The average molecular weight is 465 g/mol. The highest BCUT2D eigenvalue weighted by molar-refractivity contribution is 5.73. The number of benzene rings is 1. The van der Waals surface area contributed by atoms with E-state index >= 15 is 0 Å². The van der Waals surface area contributed by atoms with Crippen LogP contribution in [0.5, 0.6) is 5.75 Å². The summed E-state index contributed by atoms with van der Waals surface area (Å²) >= 11 is 0. The molecule has 0 bridgehead atoms. The van der Waals surface area contributed by atoms with Crippen LogP contribution in [-0.2, 0) is 20.7 Å². The summed E-state index contributed by atoms with van der Waals surface area (Å²) in [6.45, 7) is 2.06. The fourth-order valence-corrected chi connectivity index (χ4v) is 7.00. The van der Waals surface area contributed by atoms with Gasteiger partial charge < -0.3 is 40.1 Å². The van der Waals surface area contributed by atoms with E-state index in [4.69, 9.17) is 9.47 Å². The van der Waals surface area contributed by atoms with Crippen molar-refractivity contribution in [1.82, 2.24) is 0 Å². The Morgan fingerprint density at radius 1 is 1.12 bits per heavy atom. The summed E-state index contributed by atoms with van der Waals surface area (Å²) in [6, 6.07) is 5.58. The predicted molar refractivity (Wildman–Crippen MR) is 113 cm³/mol. The molecule has 1 aromatic carbocycles. The molecule has 4 aliphatic rings. The lowest BCUT2D eigenvalue weighted by molar-refractivity contribution is -0.309. The Kier molecular flexibility index (Phi) is 5.70. The van der Waals surface area contributed by atoms with E-state index in [0.29, 0.717) is 18.3 Å². The highest BCUT2D eigenvalue weighted by Gasteiger charge is 2.59. The number of phenols is 1. The molecular formula is C24H32O9. The fourth-order valence-electron chi connectivity index (χ4n) is 7.00. The first-order chi connectivity index (χ1) is 15.6. The molecule has 1 heterocycles. The van der Waals surface area contributed by atoms with Crippen molar-refractivity contribution in [1.29, 1.82) is 0 Å². The molecule has 1 aromatic rings. The van der Waals surface area contributed by atoms with Crippen LogP contribution in [0.3, 0.4) is 0 Å². The third kappa shape index (κ3) is 3.57. The minimum atomic E-state index is -1.78. The van der Waals surface area contributed by atoms with Crippen LogP contribution in [0.2, 0.25) is 0 Å². The van der Waals surface area contributed by atoms with Crippen molar-refractivity contribution >= 4 is 5.97 Å². The Morgan fingerprint density at radius 2 is 1.88 bits per heavy atom. The Labute approximate surface area is 191 Å². The van der Waals surface area contributed by atoms with Gasteiger partial charge in [0.2, 0.25) is 0 Å². The van der Waals surface area contributed by atoms with Gasteiger partial charge in [-0.05, 0) is 78.5 Å². The lowest BCUT2D eigenvalue weighted by Gasteiger charge is -2.49. The number of phenolic OH excluding ortho intramolecular Hbond substituents is 1. The first-order valence-corrected chi connectivity index (χ1v) is 11.7. The van der Waals surface area contributed by atoms with Gasteiger partial charge in [-0.15, -0.1) is 0 Å². The first-order valence-electron chi connectivity index (χ1n) is 11.7. The molecule has 0 aromatic heterocycles. The van der Waals surface area contributed by atoms with Crippen molar-refractivity contribution in [3.8, 4) is 5.75 Å². The van der Waals surface area contributed by atoms with E-state index in [9.17, 15) is 35.4 Å². The number of carboxylic acid groups (broad SMARTS) is 1. The number of carbonyl (C=O) groups is 1. The summed E-state index contributed by atoms with van der Waals surface area (Å²) < 4.78 is 11.2. The van der Waals surface area contributed by atoms with Gasteiger partial charge in [-0.2, -0.15) is 0 Å². The lowest BCUT2D eigenvalue weighted by atomic mass is 9.55. The van der Waals surface area contributed by atoms with Crippen molar-refractivity contribution < 1.29 is 44.9 Å². The first kappa shape index (κ1) is 23.0. The summed E-state index contributed by atoms with van der Waals surface area (Å²) in [5.74, 6) is -0.367. The normalized spacial score (nSPS) is 46.8. The third-order valence-electron chi connectivity index (χ3n) is 8.78. The van der Waals surface area contributed by atoms with E-state index in [-0.39, 0.29) is 11.7 Å². The number of aromatic hydroxyl groups is 1. The van der Waals surface area contributed by atoms with Crippen LogP contribution in [0.15, 0.2) is 18.2 Å². The Bertz CT molecular complexity index is 921. The van der Waals surface area contributed by atoms with Gasteiger partial charge in [0.15, 0.2) is 12.4 Å². The number of aryl methyl sites for hydroxylation is 1. The molecule has 33 heavy (non-hydrogen) atoms. The molecule has 0 radical (unpaired) electrons. The van der Waals surface area contributed by atoms with Crippen LogP contribution in [0.25, 0.3) is 0 Å². The molecule has 1 aliphatic heterocycles. The van der Waals surface area contributed by atoms with Crippen molar-refractivity contribution in [2.45, 2.75) is 87.9 Å². The Balaban J connectivity index is 1.36. The van der Waals surface area contributed by atoms with Gasteiger partial charge in [0, 0.05) is 0 Å². The third-order valence-corrected chi connectivity index (χ3v) is 8.78. The number of fused-ring (bicyclic) bond motifs is 5. The van der Waals surface area contributed by atoms with Gasteiger partial charge in [-0.1, -0.05) is 13.0 Å². The zero-order valence-electron chi connectivity index (χ0n) is 18.4. The van der Waals surface area contributed by atoms with Gasteiger partial charge in [0.05, 0.1) is 12.2 Å². The molecular weight excluding hydrogens is 432 g/mol. The number of hydrogen-bond acceptors (Lipinski definition) is 8. The van der Waals surface area contributed by atoms with E-state index in [0.717, 1.165) is 25.7 Å². The lowest BCUT2D eigenvalue weighted by Crippen LogP contribution is -2.61. The highest BCUT2D eigenvalue weighted by Crippen LogP contribution is 2.61. The van der Waals surface area contributed by atoms with Crippen LogP contribution < -0.4 is 0 Å². The molecule has 6 N–H and O–H groups in total. The van der Waals surface area contributed by atoms with Crippen molar-refractivity contribution in [2.75, 3.05) is 0 Å². The second-order valence-electron chi connectivity index (χ2n) is 10.4. The van der Waals surface area contributed by atoms with E-state index in [2.05, 4.69) is 6.92 Å². The molecule has 5 rings (SSSR count). The second kappa shape index (κ2) is 8.18. The maximum absolute atomic E-state index is 11.4. The van der Waals surface area contributed by atoms with Gasteiger partial charge >= 0.3 is 5.97 Å². The number of hydrogen-bond donors (Lipinski definition) is 6. The standard InChI is InChI=1S/C24H32O9/c1-24-7-6-13-12-5-3-11(25)8-10(12)2-4-14(13)15(24)9-16(21(24)29)32-23-19(28)17(26)18(27)20(33-23)22(30)31/h3,5,8,13-21,23,25-29H,2,4,6-7,9H2,1H3,(H,30,31)/t13-,14-,15+,16-,17+,18+,19-,20+,21-,23-,24+/m1/s1. The van der Waals surface area contributed by atoms with Crippen LogP contribution in [0.1, 0.15) is 49.7 Å². The van der Waals surface area contributed by atoms with Crippen molar-refractivity contribution in [2.24, 2.45) is 17.3 Å². The maximum atomic E-state index is 11.4. The van der Waals surface area contributed by atoms with E-state index in [1.54, 1.807) is 6.07 Å². The minimum absolute atomic E-state index is 0.157. The molecule has 2 saturated carbocycles. The SMILES string of the molecule is C[C@]12CC[C@@H]3c4ccc(O)cc4CC[C@H]3[C@@H]1C[C@@H](O[C@@H]1O[C@H](C(=O)O)[C@@H](O)[C@H](O)[C@H]1O)[C@H]2O. The number of aliphatic carboxylic acids is 1. The van der Waals surface area contributed by atoms with Crippen LogP contribution in [0.4, 0.5) is 0 Å².